The molecule has 0 atom stereocenters. The molecular weight excluding hydrogens is 262 g/mol. The van der Waals surface area contributed by atoms with Gasteiger partial charge in [-0.1, -0.05) is 19.9 Å². The summed E-state index contributed by atoms with van der Waals surface area (Å²) in [6.45, 7) is 4.85. The number of aliphatic hydroxyl groups is 1. The second kappa shape index (κ2) is 6.39. The second-order valence-corrected chi connectivity index (χ2v) is 7.03. The van der Waals surface area contributed by atoms with Gasteiger partial charge in [-0.2, -0.15) is 0 Å². The van der Waals surface area contributed by atoms with Crippen LogP contribution in [0.5, 0.6) is 0 Å². The van der Waals surface area contributed by atoms with Gasteiger partial charge < -0.3 is 10.4 Å². The molecule has 0 aliphatic carbocycles. The van der Waals surface area contributed by atoms with Crippen molar-refractivity contribution in [3.63, 3.8) is 0 Å². The van der Waals surface area contributed by atoms with Crippen LogP contribution in [-0.4, -0.2) is 32.9 Å². The molecule has 0 aromatic heterocycles. The molecule has 19 heavy (non-hydrogen) atoms. The van der Waals surface area contributed by atoms with Crippen LogP contribution >= 0.6 is 0 Å². The van der Waals surface area contributed by atoms with E-state index in [1.807, 2.05) is 19.9 Å². The largest absolute Gasteiger partial charge is 0.396 e. The molecule has 0 bridgehead atoms. The lowest BCUT2D eigenvalue weighted by atomic mass is 9.83. The summed E-state index contributed by atoms with van der Waals surface area (Å²) < 4.78 is 23.0. The molecule has 0 aliphatic heterocycles. The molecule has 0 spiro atoms. The molecule has 0 saturated carbocycles. The number of anilines is 1. The second-order valence-electron chi connectivity index (χ2n) is 5.02. The Balaban J connectivity index is 2.84. The molecular formula is C14H23NO3S. The Hall–Kier alpha value is -1.07. The van der Waals surface area contributed by atoms with Crippen molar-refractivity contribution in [3.8, 4) is 0 Å². The zero-order valence-electron chi connectivity index (χ0n) is 11.8. The standard InChI is InChI=1S/C14H23NO3S/c1-4-14(5-2,11-16)10-15-12-7-6-8-13(9-12)19(3,17)18/h6-9,15-16H,4-5,10-11H2,1-3H3. The number of hydrogen-bond acceptors (Lipinski definition) is 4. The van der Waals surface area contributed by atoms with Crippen LogP contribution in [0.1, 0.15) is 26.7 Å². The van der Waals surface area contributed by atoms with Crippen molar-refractivity contribution in [1.29, 1.82) is 0 Å². The highest BCUT2D eigenvalue weighted by Gasteiger charge is 2.24. The smallest absolute Gasteiger partial charge is 0.175 e. The normalized spacial score (nSPS) is 12.4. The van der Waals surface area contributed by atoms with Crippen LogP contribution in [0.15, 0.2) is 29.2 Å². The van der Waals surface area contributed by atoms with Gasteiger partial charge in [0.1, 0.15) is 0 Å². The van der Waals surface area contributed by atoms with Crippen molar-refractivity contribution < 1.29 is 13.5 Å². The predicted octanol–water partition coefficient (Wildman–Crippen LogP) is 2.30. The first-order valence-electron chi connectivity index (χ1n) is 6.52. The fourth-order valence-electron chi connectivity index (χ4n) is 1.91. The van der Waals surface area contributed by atoms with Gasteiger partial charge in [-0.15, -0.1) is 0 Å². The van der Waals surface area contributed by atoms with Gasteiger partial charge >= 0.3 is 0 Å². The number of benzene rings is 1. The molecule has 1 aromatic rings. The summed E-state index contributed by atoms with van der Waals surface area (Å²) in [5, 5.41) is 12.7. The number of nitrogens with one attached hydrogen (secondary N) is 1. The van der Waals surface area contributed by atoms with Crippen molar-refractivity contribution in [2.24, 2.45) is 5.41 Å². The Morgan fingerprint density at radius 2 is 1.89 bits per heavy atom. The van der Waals surface area contributed by atoms with Gasteiger partial charge in [0, 0.05) is 23.9 Å². The van der Waals surface area contributed by atoms with E-state index in [0.717, 1.165) is 18.5 Å². The van der Waals surface area contributed by atoms with Crippen LogP contribution in [0.3, 0.4) is 0 Å². The van der Waals surface area contributed by atoms with E-state index < -0.39 is 9.84 Å². The fourth-order valence-corrected chi connectivity index (χ4v) is 2.57. The molecule has 0 saturated heterocycles. The van der Waals surface area contributed by atoms with Gasteiger partial charge in [0.2, 0.25) is 0 Å². The lowest BCUT2D eigenvalue weighted by Crippen LogP contribution is -2.32. The third kappa shape index (κ3) is 4.21. The van der Waals surface area contributed by atoms with Crippen LogP contribution < -0.4 is 5.32 Å². The molecule has 0 amide bonds. The lowest BCUT2D eigenvalue weighted by molar-refractivity contribution is 0.127. The van der Waals surface area contributed by atoms with E-state index in [0.29, 0.717) is 11.4 Å². The number of sulfone groups is 1. The van der Waals surface area contributed by atoms with Gasteiger partial charge in [-0.3, -0.25) is 0 Å². The van der Waals surface area contributed by atoms with E-state index in [1.165, 1.54) is 6.26 Å². The molecule has 2 N–H and O–H groups in total. The van der Waals surface area contributed by atoms with Crippen LogP contribution in [-0.2, 0) is 9.84 Å². The van der Waals surface area contributed by atoms with Crippen molar-refractivity contribution in [1.82, 2.24) is 0 Å². The van der Waals surface area contributed by atoms with E-state index in [2.05, 4.69) is 5.32 Å². The quantitative estimate of drug-likeness (QED) is 0.806. The average Bonchev–Trinajstić information content (AvgIpc) is 2.40. The first kappa shape index (κ1) is 16.0. The van der Waals surface area contributed by atoms with E-state index in [1.54, 1.807) is 18.2 Å². The summed E-state index contributed by atoms with van der Waals surface area (Å²) in [4.78, 5) is 0.306. The van der Waals surface area contributed by atoms with E-state index >= 15 is 0 Å². The van der Waals surface area contributed by atoms with Gasteiger partial charge in [0.05, 0.1) is 11.5 Å². The monoisotopic (exact) mass is 285 g/mol. The summed E-state index contributed by atoms with van der Waals surface area (Å²) >= 11 is 0. The third-order valence-electron chi connectivity index (χ3n) is 3.77. The summed E-state index contributed by atoms with van der Waals surface area (Å²) in [6, 6.07) is 6.77. The van der Waals surface area contributed by atoms with Crippen molar-refractivity contribution >= 4 is 15.5 Å². The topological polar surface area (TPSA) is 66.4 Å². The van der Waals surface area contributed by atoms with Crippen LogP contribution in [0.25, 0.3) is 0 Å². The molecule has 4 nitrogen and oxygen atoms in total. The van der Waals surface area contributed by atoms with Crippen LogP contribution in [0.4, 0.5) is 5.69 Å². The maximum Gasteiger partial charge on any atom is 0.175 e. The maximum absolute atomic E-state index is 11.5. The zero-order chi connectivity index (χ0) is 14.5. The Morgan fingerprint density at radius 1 is 1.26 bits per heavy atom. The molecule has 1 aromatic carbocycles. The highest BCUT2D eigenvalue weighted by atomic mass is 32.2. The first-order chi connectivity index (χ1) is 8.87. The van der Waals surface area contributed by atoms with Gasteiger partial charge in [0.25, 0.3) is 0 Å². The molecule has 5 heteroatoms. The molecule has 0 fully saturated rings. The van der Waals surface area contributed by atoms with E-state index in [9.17, 15) is 13.5 Å². The maximum atomic E-state index is 11.5. The fraction of sp³-hybridized carbons (Fsp3) is 0.571. The molecule has 0 aliphatic rings. The average molecular weight is 285 g/mol. The summed E-state index contributed by atoms with van der Waals surface area (Å²) in [6.07, 6.45) is 2.94. The Morgan fingerprint density at radius 3 is 2.37 bits per heavy atom. The van der Waals surface area contributed by atoms with Crippen molar-refractivity contribution in [2.75, 3.05) is 24.7 Å². The molecule has 0 radical (unpaired) electrons. The Kier molecular flexibility index (Phi) is 5.38. The number of rotatable bonds is 7. The highest BCUT2D eigenvalue weighted by molar-refractivity contribution is 7.90. The lowest BCUT2D eigenvalue weighted by Gasteiger charge is -2.30. The molecule has 1 rings (SSSR count). The zero-order valence-corrected chi connectivity index (χ0v) is 12.6. The molecule has 0 unspecified atom stereocenters. The molecule has 0 heterocycles. The van der Waals surface area contributed by atoms with Crippen molar-refractivity contribution in [2.45, 2.75) is 31.6 Å². The SMILES string of the molecule is CCC(CC)(CO)CNc1cccc(S(C)(=O)=O)c1. The van der Waals surface area contributed by atoms with Gasteiger partial charge in [0.15, 0.2) is 9.84 Å². The summed E-state index contributed by atoms with van der Waals surface area (Å²) in [5.41, 5.74) is 0.615. The minimum absolute atomic E-state index is 0.124. The summed E-state index contributed by atoms with van der Waals surface area (Å²) in [5.74, 6) is 0. The molecule has 108 valence electrons. The summed E-state index contributed by atoms with van der Waals surface area (Å²) in [7, 11) is -3.19. The van der Waals surface area contributed by atoms with E-state index in [-0.39, 0.29) is 12.0 Å². The number of aliphatic hydroxyl groups excluding tert-OH is 1. The van der Waals surface area contributed by atoms with Crippen molar-refractivity contribution in [3.05, 3.63) is 24.3 Å². The van der Waals surface area contributed by atoms with E-state index in [4.69, 9.17) is 0 Å². The minimum Gasteiger partial charge on any atom is -0.396 e. The minimum atomic E-state index is -3.19. The van der Waals surface area contributed by atoms with Crippen LogP contribution in [0, 0.1) is 5.41 Å². The first-order valence-corrected chi connectivity index (χ1v) is 8.41. The predicted molar refractivity (Wildman–Crippen MR) is 78.1 cm³/mol. The van der Waals surface area contributed by atoms with Gasteiger partial charge in [-0.05, 0) is 31.0 Å². The third-order valence-corrected chi connectivity index (χ3v) is 4.88. The Labute approximate surface area is 115 Å². The van der Waals surface area contributed by atoms with Gasteiger partial charge in [-0.25, -0.2) is 8.42 Å². The Bertz CT molecular complexity index is 499. The number of hydrogen-bond donors (Lipinski definition) is 2. The highest BCUT2D eigenvalue weighted by Crippen LogP contribution is 2.26. The van der Waals surface area contributed by atoms with Crippen LogP contribution in [0.2, 0.25) is 0 Å².